The van der Waals surface area contributed by atoms with Crippen LogP contribution in [0.25, 0.3) is 0 Å². The van der Waals surface area contributed by atoms with Gasteiger partial charge in [-0.2, -0.15) is 0 Å². The fraction of sp³-hybridized carbons (Fsp3) is 0.312. The van der Waals surface area contributed by atoms with Crippen molar-refractivity contribution in [3.8, 4) is 17.4 Å². The van der Waals surface area contributed by atoms with Crippen LogP contribution in [0.2, 0.25) is 0 Å². The number of nitrogens with zero attached hydrogens (tertiary/aromatic N) is 1. The highest BCUT2D eigenvalue weighted by Gasteiger charge is 2.08. The Morgan fingerprint density at radius 3 is 2.71 bits per heavy atom. The average Bonchev–Trinajstić information content (AvgIpc) is 2.54. The van der Waals surface area contributed by atoms with Gasteiger partial charge in [-0.05, 0) is 37.3 Å². The van der Waals surface area contributed by atoms with Gasteiger partial charge in [0, 0.05) is 18.3 Å². The third-order valence-corrected chi connectivity index (χ3v) is 3.01. The summed E-state index contributed by atoms with van der Waals surface area (Å²) in [5.41, 5.74) is 1.85. The molecule has 1 aromatic heterocycles. The van der Waals surface area contributed by atoms with Gasteiger partial charge in [0.15, 0.2) is 0 Å². The molecule has 1 heterocycles. The normalized spacial score (nSPS) is 10.0. The lowest BCUT2D eigenvalue weighted by molar-refractivity contribution is 0.328. The number of methoxy groups -OCH3 is 2. The maximum atomic E-state index is 5.50. The summed E-state index contributed by atoms with van der Waals surface area (Å²) in [6.45, 7) is 3.10. The first-order valence-corrected chi connectivity index (χ1v) is 6.81. The standard InChI is InChI=1S/C16H20N2O3/c1-4-21-16-14(6-5-9-17-16)18-11-12-10-13(19-2)7-8-15(12)20-3/h5-10,18H,4,11H2,1-3H3. The quantitative estimate of drug-likeness (QED) is 0.848. The van der Waals surface area contributed by atoms with Crippen molar-refractivity contribution in [1.82, 2.24) is 4.98 Å². The summed E-state index contributed by atoms with van der Waals surface area (Å²) >= 11 is 0. The predicted octanol–water partition coefficient (Wildman–Crippen LogP) is 3.11. The largest absolute Gasteiger partial charge is 0.497 e. The number of benzene rings is 1. The highest BCUT2D eigenvalue weighted by molar-refractivity contribution is 5.53. The van der Waals surface area contributed by atoms with E-state index in [1.54, 1.807) is 20.4 Å². The van der Waals surface area contributed by atoms with Gasteiger partial charge in [0.1, 0.15) is 11.5 Å². The minimum Gasteiger partial charge on any atom is -0.497 e. The summed E-state index contributed by atoms with van der Waals surface area (Å²) < 4.78 is 16.1. The summed E-state index contributed by atoms with van der Waals surface area (Å²) in [6, 6.07) is 9.52. The third-order valence-electron chi connectivity index (χ3n) is 3.01. The van der Waals surface area contributed by atoms with Gasteiger partial charge in [-0.25, -0.2) is 4.98 Å². The van der Waals surface area contributed by atoms with Crippen molar-refractivity contribution >= 4 is 5.69 Å². The van der Waals surface area contributed by atoms with E-state index in [4.69, 9.17) is 14.2 Å². The van der Waals surface area contributed by atoms with Crippen molar-refractivity contribution in [2.75, 3.05) is 26.1 Å². The van der Waals surface area contributed by atoms with Crippen LogP contribution in [0.5, 0.6) is 17.4 Å². The van der Waals surface area contributed by atoms with E-state index in [1.807, 2.05) is 37.3 Å². The molecule has 5 nitrogen and oxygen atoms in total. The van der Waals surface area contributed by atoms with E-state index in [2.05, 4.69) is 10.3 Å². The van der Waals surface area contributed by atoms with Crippen LogP contribution in [0, 0.1) is 0 Å². The lowest BCUT2D eigenvalue weighted by Crippen LogP contribution is -2.05. The molecule has 112 valence electrons. The molecule has 0 atom stereocenters. The fourth-order valence-electron chi connectivity index (χ4n) is 1.99. The van der Waals surface area contributed by atoms with E-state index in [0.29, 0.717) is 19.0 Å². The molecule has 0 spiro atoms. The fourth-order valence-corrected chi connectivity index (χ4v) is 1.99. The van der Waals surface area contributed by atoms with E-state index in [-0.39, 0.29) is 0 Å². The molecule has 0 aliphatic rings. The first-order valence-electron chi connectivity index (χ1n) is 6.81. The number of rotatable bonds is 7. The van der Waals surface area contributed by atoms with Crippen molar-refractivity contribution in [2.24, 2.45) is 0 Å². The van der Waals surface area contributed by atoms with Gasteiger partial charge in [0.25, 0.3) is 0 Å². The molecule has 1 aromatic carbocycles. The van der Waals surface area contributed by atoms with Crippen molar-refractivity contribution in [1.29, 1.82) is 0 Å². The maximum Gasteiger partial charge on any atom is 0.237 e. The van der Waals surface area contributed by atoms with Gasteiger partial charge >= 0.3 is 0 Å². The molecule has 0 radical (unpaired) electrons. The van der Waals surface area contributed by atoms with E-state index in [0.717, 1.165) is 22.7 Å². The first kappa shape index (κ1) is 15.0. The van der Waals surface area contributed by atoms with Crippen molar-refractivity contribution in [3.05, 3.63) is 42.1 Å². The molecule has 0 saturated heterocycles. The summed E-state index contributed by atoms with van der Waals surface area (Å²) in [4.78, 5) is 4.22. The average molecular weight is 288 g/mol. The maximum absolute atomic E-state index is 5.50. The van der Waals surface area contributed by atoms with Gasteiger partial charge in [0.2, 0.25) is 5.88 Å². The Balaban J connectivity index is 2.16. The Kier molecular flexibility index (Phi) is 5.26. The summed E-state index contributed by atoms with van der Waals surface area (Å²) in [5, 5.41) is 3.32. The molecule has 0 aliphatic heterocycles. The molecule has 0 saturated carbocycles. The second-order valence-corrected chi connectivity index (χ2v) is 4.32. The molecule has 2 rings (SSSR count). The minimum atomic E-state index is 0.578. The van der Waals surface area contributed by atoms with Gasteiger partial charge < -0.3 is 19.5 Å². The summed E-state index contributed by atoms with van der Waals surface area (Å²) in [5.74, 6) is 2.20. The Labute approximate surface area is 124 Å². The molecule has 0 amide bonds. The van der Waals surface area contributed by atoms with Crippen LogP contribution in [0.3, 0.4) is 0 Å². The zero-order chi connectivity index (χ0) is 15.1. The van der Waals surface area contributed by atoms with Crippen LogP contribution in [-0.4, -0.2) is 25.8 Å². The van der Waals surface area contributed by atoms with Crippen LogP contribution in [-0.2, 0) is 6.54 Å². The molecular formula is C16H20N2O3. The topological polar surface area (TPSA) is 52.6 Å². The minimum absolute atomic E-state index is 0.578. The zero-order valence-electron chi connectivity index (χ0n) is 12.6. The highest BCUT2D eigenvalue weighted by atomic mass is 16.5. The molecule has 0 unspecified atom stereocenters. The Hall–Kier alpha value is -2.43. The predicted molar refractivity (Wildman–Crippen MR) is 82.3 cm³/mol. The number of anilines is 1. The van der Waals surface area contributed by atoms with Crippen molar-refractivity contribution in [2.45, 2.75) is 13.5 Å². The molecule has 1 N–H and O–H groups in total. The van der Waals surface area contributed by atoms with Crippen LogP contribution >= 0.6 is 0 Å². The SMILES string of the molecule is CCOc1ncccc1NCc1cc(OC)ccc1OC. The second kappa shape index (κ2) is 7.38. The van der Waals surface area contributed by atoms with Gasteiger partial charge in [-0.15, -0.1) is 0 Å². The number of ether oxygens (including phenoxy) is 3. The Bertz CT molecular complexity index is 587. The monoisotopic (exact) mass is 288 g/mol. The van der Waals surface area contributed by atoms with Crippen LogP contribution in [0.4, 0.5) is 5.69 Å². The van der Waals surface area contributed by atoms with Crippen LogP contribution in [0.15, 0.2) is 36.5 Å². The van der Waals surface area contributed by atoms with Crippen molar-refractivity contribution in [3.63, 3.8) is 0 Å². The zero-order valence-corrected chi connectivity index (χ0v) is 12.6. The second-order valence-electron chi connectivity index (χ2n) is 4.32. The Morgan fingerprint density at radius 1 is 1.14 bits per heavy atom. The number of nitrogens with one attached hydrogen (secondary N) is 1. The summed E-state index contributed by atoms with van der Waals surface area (Å²) in [6.07, 6.45) is 1.71. The molecule has 21 heavy (non-hydrogen) atoms. The van der Waals surface area contributed by atoms with E-state index in [9.17, 15) is 0 Å². The lowest BCUT2D eigenvalue weighted by Gasteiger charge is -2.14. The number of pyridine rings is 1. The number of aromatic nitrogens is 1. The van der Waals surface area contributed by atoms with Gasteiger partial charge in [-0.3, -0.25) is 0 Å². The first-order chi connectivity index (χ1) is 10.3. The summed E-state index contributed by atoms with van der Waals surface area (Å²) in [7, 11) is 3.30. The third kappa shape index (κ3) is 3.78. The van der Waals surface area contributed by atoms with Crippen molar-refractivity contribution < 1.29 is 14.2 Å². The van der Waals surface area contributed by atoms with Crippen LogP contribution < -0.4 is 19.5 Å². The number of hydrogen-bond donors (Lipinski definition) is 1. The Morgan fingerprint density at radius 2 is 2.00 bits per heavy atom. The molecule has 0 fully saturated rings. The van der Waals surface area contributed by atoms with E-state index in [1.165, 1.54) is 0 Å². The molecule has 5 heteroatoms. The van der Waals surface area contributed by atoms with Gasteiger partial charge in [0.05, 0.1) is 26.5 Å². The molecule has 0 aliphatic carbocycles. The number of hydrogen-bond acceptors (Lipinski definition) is 5. The molecule has 2 aromatic rings. The van der Waals surface area contributed by atoms with Crippen LogP contribution in [0.1, 0.15) is 12.5 Å². The van der Waals surface area contributed by atoms with Gasteiger partial charge in [-0.1, -0.05) is 0 Å². The smallest absolute Gasteiger partial charge is 0.237 e. The molecule has 0 bridgehead atoms. The molecular weight excluding hydrogens is 268 g/mol. The van der Waals surface area contributed by atoms with E-state index < -0.39 is 0 Å². The lowest BCUT2D eigenvalue weighted by atomic mass is 10.2. The van der Waals surface area contributed by atoms with E-state index >= 15 is 0 Å². The highest BCUT2D eigenvalue weighted by Crippen LogP contribution is 2.26.